The van der Waals surface area contributed by atoms with Crippen LogP contribution in [0.4, 0.5) is 0 Å². The van der Waals surface area contributed by atoms with Gasteiger partial charge in [0, 0.05) is 20.1 Å². The van der Waals surface area contributed by atoms with Crippen LogP contribution in [0.2, 0.25) is 0 Å². The van der Waals surface area contributed by atoms with E-state index >= 15 is 0 Å². The molecule has 1 aromatic carbocycles. The van der Waals surface area contributed by atoms with Crippen molar-refractivity contribution in [2.75, 3.05) is 27.2 Å². The number of rotatable bonds is 8. The molecule has 1 rings (SSSR count). The highest BCUT2D eigenvalue weighted by atomic mass is 16.5. The first kappa shape index (κ1) is 18.8. The third kappa shape index (κ3) is 8.09. The Bertz CT molecular complexity index is 498. The van der Waals surface area contributed by atoms with Gasteiger partial charge in [0.2, 0.25) is 5.91 Å². The summed E-state index contributed by atoms with van der Waals surface area (Å²) in [5, 5.41) is 9.06. The van der Waals surface area contributed by atoms with Crippen LogP contribution in [0.25, 0.3) is 0 Å². The Morgan fingerprint density at radius 2 is 1.87 bits per heavy atom. The van der Waals surface area contributed by atoms with Gasteiger partial charge in [0.15, 0.2) is 5.96 Å². The van der Waals surface area contributed by atoms with E-state index in [-0.39, 0.29) is 12.5 Å². The molecule has 0 radical (unpaired) electrons. The zero-order valence-electron chi connectivity index (χ0n) is 14.5. The normalized spacial score (nSPS) is 11.3. The lowest BCUT2D eigenvalue weighted by molar-refractivity contribution is -0.120. The van der Waals surface area contributed by atoms with Gasteiger partial charge in [0.1, 0.15) is 5.75 Å². The maximum atomic E-state index is 11.9. The summed E-state index contributed by atoms with van der Waals surface area (Å²) < 4.78 is 5.10. The van der Waals surface area contributed by atoms with Crippen molar-refractivity contribution in [3.8, 4) is 5.75 Å². The van der Waals surface area contributed by atoms with Gasteiger partial charge in [-0.15, -0.1) is 0 Å². The van der Waals surface area contributed by atoms with Crippen LogP contribution in [-0.4, -0.2) is 39.1 Å². The number of hydrogen-bond acceptors (Lipinski definition) is 3. The molecule has 1 aromatic rings. The zero-order valence-corrected chi connectivity index (χ0v) is 14.5. The van der Waals surface area contributed by atoms with Gasteiger partial charge >= 0.3 is 0 Å². The molecule has 6 heteroatoms. The number of methoxy groups -OCH3 is 1. The summed E-state index contributed by atoms with van der Waals surface area (Å²) in [7, 11) is 3.32. The Kier molecular flexibility index (Phi) is 8.57. The summed E-state index contributed by atoms with van der Waals surface area (Å²) in [6.07, 6.45) is 1.06. The van der Waals surface area contributed by atoms with Crippen LogP contribution in [0.5, 0.6) is 5.75 Å². The van der Waals surface area contributed by atoms with E-state index in [1.165, 1.54) is 0 Å². The van der Waals surface area contributed by atoms with Gasteiger partial charge in [-0.1, -0.05) is 26.0 Å². The van der Waals surface area contributed by atoms with E-state index in [1.807, 2.05) is 24.3 Å². The van der Waals surface area contributed by atoms with Gasteiger partial charge < -0.3 is 20.7 Å². The molecule has 0 aliphatic heterocycles. The molecule has 0 saturated heterocycles. The van der Waals surface area contributed by atoms with Crippen LogP contribution < -0.4 is 20.7 Å². The molecule has 3 N–H and O–H groups in total. The molecule has 0 heterocycles. The molecule has 0 unspecified atom stereocenters. The van der Waals surface area contributed by atoms with Gasteiger partial charge in [-0.2, -0.15) is 0 Å². The van der Waals surface area contributed by atoms with E-state index in [9.17, 15) is 4.79 Å². The number of ether oxygens (including phenoxy) is 1. The minimum atomic E-state index is -0.0763. The van der Waals surface area contributed by atoms with E-state index < -0.39 is 0 Å². The van der Waals surface area contributed by atoms with Gasteiger partial charge in [0.05, 0.1) is 13.7 Å². The van der Waals surface area contributed by atoms with E-state index in [4.69, 9.17) is 4.74 Å². The Labute approximate surface area is 138 Å². The first-order chi connectivity index (χ1) is 11.0. The van der Waals surface area contributed by atoms with Gasteiger partial charge in [0.25, 0.3) is 0 Å². The largest absolute Gasteiger partial charge is 0.497 e. The summed E-state index contributed by atoms with van der Waals surface area (Å²) in [5.74, 6) is 2.00. The van der Waals surface area contributed by atoms with Crippen molar-refractivity contribution in [2.45, 2.75) is 26.8 Å². The van der Waals surface area contributed by atoms with Crippen LogP contribution in [-0.2, 0) is 11.3 Å². The Morgan fingerprint density at radius 1 is 1.17 bits per heavy atom. The average molecular weight is 320 g/mol. The van der Waals surface area contributed by atoms with Gasteiger partial charge in [-0.3, -0.25) is 9.79 Å². The zero-order chi connectivity index (χ0) is 17.1. The van der Waals surface area contributed by atoms with Crippen molar-refractivity contribution in [3.63, 3.8) is 0 Å². The van der Waals surface area contributed by atoms with E-state index in [0.717, 1.165) is 24.3 Å². The van der Waals surface area contributed by atoms with Gasteiger partial charge in [-0.05, 0) is 30.0 Å². The number of aliphatic imine (C=N–C) groups is 1. The highest BCUT2D eigenvalue weighted by Crippen LogP contribution is 2.10. The van der Waals surface area contributed by atoms with Crippen molar-refractivity contribution < 1.29 is 9.53 Å². The van der Waals surface area contributed by atoms with Crippen LogP contribution in [0.1, 0.15) is 25.8 Å². The standard InChI is InChI=1S/C17H28N4O2/c1-13(2)9-10-19-17(18-3)21-12-16(22)20-11-14-5-7-15(23-4)8-6-14/h5-8,13H,9-12H2,1-4H3,(H,20,22)(H2,18,19,21). The Morgan fingerprint density at radius 3 is 2.43 bits per heavy atom. The number of nitrogens with one attached hydrogen (secondary N) is 3. The molecule has 0 aromatic heterocycles. The quantitative estimate of drug-likeness (QED) is 0.501. The second-order valence-corrected chi connectivity index (χ2v) is 5.66. The molecule has 128 valence electrons. The minimum Gasteiger partial charge on any atom is -0.497 e. The van der Waals surface area contributed by atoms with Crippen molar-refractivity contribution in [1.29, 1.82) is 0 Å². The second-order valence-electron chi connectivity index (χ2n) is 5.66. The fourth-order valence-corrected chi connectivity index (χ4v) is 1.87. The predicted molar refractivity (Wildman–Crippen MR) is 93.7 cm³/mol. The molecule has 0 aliphatic carbocycles. The maximum absolute atomic E-state index is 11.9. The molecule has 0 saturated carbocycles. The van der Waals surface area contributed by atoms with Crippen molar-refractivity contribution >= 4 is 11.9 Å². The van der Waals surface area contributed by atoms with Crippen LogP contribution >= 0.6 is 0 Å². The molecule has 0 fully saturated rings. The monoisotopic (exact) mass is 320 g/mol. The summed E-state index contributed by atoms with van der Waals surface area (Å²) in [5.41, 5.74) is 1.03. The van der Waals surface area contributed by atoms with Crippen LogP contribution in [0.15, 0.2) is 29.3 Å². The number of carbonyl (C=O) groups is 1. The number of nitrogens with zero attached hydrogens (tertiary/aromatic N) is 1. The fourth-order valence-electron chi connectivity index (χ4n) is 1.87. The summed E-state index contributed by atoms with van der Waals surface area (Å²) in [4.78, 5) is 16.0. The smallest absolute Gasteiger partial charge is 0.239 e. The molecule has 0 aliphatic rings. The average Bonchev–Trinajstić information content (AvgIpc) is 2.56. The topological polar surface area (TPSA) is 74.8 Å². The first-order valence-corrected chi connectivity index (χ1v) is 7.89. The number of amides is 1. The second kappa shape index (κ2) is 10.5. The van der Waals surface area contributed by atoms with Crippen LogP contribution in [0, 0.1) is 5.92 Å². The molecule has 1 amide bonds. The minimum absolute atomic E-state index is 0.0763. The van der Waals surface area contributed by atoms with Crippen molar-refractivity contribution in [3.05, 3.63) is 29.8 Å². The predicted octanol–water partition coefficient (Wildman–Crippen LogP) is 1.52. The number of benzene rings is 1. The molecule has 0 bridgehead atoms. The lowest BCUT2D eigenvalue weighted by Gasteiger charge is -2.13. The molecule has 0 atom stereocenters. The lowest BCUT2D eigenvalue weighted by atomic mass is 10.1. The SMILES string of the molecule is CN=C(NCCC(C)C)NCC(=O)NCc1ccc(OC)cc1. The third-order valence-corrected chi connectivity index (χ3v) is 3.30. The molecular formula is C17H28N4O2. The van der Waals surface area contributed by atoms with E-state index in [2.05, 4.69) is 34.8 Å². The van der Waals surface area contributed by atoms with E-state index in [1.54, 1.807) is 14.2 Å². The summed E-state index contributed by atoms with van der Waals surface area (Å²) in [6, 6.07) is 7.61. The third-order valence-electron chi connectivity index (χ3n) is 3.30. The number of hydrogen-bond donors (Lipinski definition) is 3. The fraction of sp³-hybridized carbons (Fsp3) is 0.529. The maximum Gasteiger partial charge on any atom is 0.239 e. The first-order valence-electron chi connectivity index (χ1n) is 7.89. The number of carbonyl (C=O) groups excluding carboxylic acids is 1. The Hall–Kier alpha value is -2.24. The van der Waals surface area contributed by atoms with Crippen molar-refractivity contribution in [1.82, 2.24) is 16.0 Å². The molecule has 6 nitrogen and oxygen atoms in total. The van der Waals surface area contributed by atoms with Crippen LogP contribution in [0.3, 0.4) is 0 Å². The van der Waals surface area contributed by atoms with E-state index in [0.29, 0.717) is 18.4 Å². The number of guanidine groups is 1. The Balaban J connectivity index is 2.26. The lowest BCUT2D eigenvalue weighted by Crippen LogP contribution is -2.43. The summed E-state index contributed by atoms with van der Waals surface area (Å²) >= 11 is 0. The van der Waals surface area contributed by atoms with Gasteiger partial charge in [-0.25, -0.2) is 0 Å². The highest BCUT2D eigenvalue weighted by molar-refractivity contribution is 5.86. The summed E-state index contributed by atoms with van der Waals surface area (Å²) in [6.45, 7) is 5.86. The molecule has 0 spiro atoms. The molecular weight excluding hydrogens is 292 g/mol. The highest BCUT2D eigenvalue weighted by Gasteiger charge is 2.04. The molecule has 23 heavy (non-hydrogen) atoms. The van der Waals surface area contributed by atoms with Crippen molar-refractivity contribution in [2.24, 2.45) is 10.9 Å².